The second-order valence-corrected chi connectivity index (χ2v) is 4.04. The lowest BCUT2D eigenvalue weighted by molar-refractivity contribution is 0.413. The molecule has 1 aliphatic heterocycles. The van der Waals surface area contributed by atoms with Gasteiger partial charge in [-0.25, -0.2) is 4.79 Å². The van der Waals surface area contributed by atoms with Crippen LogP contribution < -0.4 is 0 Å². The molecule has 1 aromatic heterocycles. The Morgan fingerprint density at radius 1 is 1.69 bits per heavy atom. The van der Waals surface area contributed by atoms with Gasteiger partial charge in [0.2, 0.25) is 0 Å². The third-order valence-electron chi connectivity index (χ3n) is 2.40. The summed E-state index contributed by atoms with van der Waals surface area (Å²) in [6.07, 6.45) is 1.06. The summed E-state index contributed by atoms with van der Waals surface area (Å²) in [4.78, 5) is 14.2. The van der Waals surface area contributed by atoms with Gasteiger partial charge in [0, 0.05) is 30.0 Å². The molecule has 0 unspecified atom stereocenters. The van der Waals surface area contributed by atoms with E-state index in [4.69, 9.17) is 0 Å². The fraction of sp³-hybridized carbons (Fsp3) is 0.400. The van der Waals surface area contributed by atoms with E-state index in [9.17, 15) is 4.79 Å². The van der Waals surface area contributed by atoms with Gasteiger partial charge in [-0.1, -0.05) is 0 Å². The van der Waals surface area contributed by atoms with E-state index in [0.717, 1.165) is 30.8 Å². The molecular formula is C10H11NOS. The van der Waals surface area contributed by atoms with Crippen LogP contribution in [0.15, 0.2) is 11.4 Å². The molecule has 3 heteroatoms. The molecular weight excluding hydrogens is 182 g/mol. The summed E-state index contributed by atoms with van der Waals surface area (Å²) in [7, 11) is 0. The van der Waals surface area contributed by atoms with E-state index in [2.05, 4.69) is 11.8 Å². The highest BCUT2D eigenvalue weighted by Gasteiger charge is 2.21. The van der Waals surface area contributed by atoms with Crippen LogP contribution in [0.4, 0.5) is 0 Å². The maximum atomic E-state index is 10.8. The lowest BCUT2D eigenvalue weighted by atomic mass is 10.1. The van der Waals surface area contributed by atoms with Crippen molar-refractivity contribution in [1.29, 1.82) is 0 Å². The summed E-state index contributed by atoms with van der Waals surface area (Å²) in [5, 5.41) is 2.04. The van der Waals surface area contributed by atoms with Crippen molar-refractivity contribution < 1.29 is 4.79 Å². The van der Waals surface area contributed by atoms with Gasteiger partial charge in [0.15, 0.2) is 5.94 Å². The number of likely N-dealkylation sites (N-methyl/N-ethyl adjacent to an activating group) is 1. The first-order chi connectivity index (χ1) is 6.36. The minimum atomic E-state index is 0.741. The van der Waals surface area contributed by atoms with Crippen LogP contribution in [-0.4, -0.2) is 23.9 Å². The van der Waals surface area contributed by atoms with Crippen molar-refractivity contribution in [2.75, 3.05) is 13.1 Å². The Morgan fingerprint density at radius 2 is 2.54 bits per heavy atom. The Labute approximate surface area is 81.5 Å². The number of thiophene rings is 1. The molecule has 2 nitrogen and oxygen atoms in total. The summed E-state index contributed by atoms with van der Waals surface area (Å²) < 4.78 is 0. The molecule has 2 heterocycles. The van der Waals surface area contributed by atoms with Crippen LogP contribution in [0.2, 0.25) is 0 Å². The van der Waals surface area contributed by atoms with Crippen LogP contribution in [-0.2, 0) is 11.2 Å². The number of hydrogen-bond donors (Lipinski definition) is 0. The van der Waals surface area contributed by atoms with Crippen LogP contribution in [0, 0.1) is 0 Å². The first-order valence-electron chi connectivity index (χ1n) is 4.43. The molecule has 68 valence electrons. The zero-order valence-corrected chi connectivity index (χ0v) is 8.36. The third kappa shape index (κ3) is 1.30. The number of hydrogen-bond acceptors (Lipinski definition) is 3. The summed E-state index contributed by atoms with van der Waals surface area (Å²) in [5.74, 6) is 2.05. The Bertz CT molecular complexity index is 363. The van der Waals surface area contributed by atoms with Crippen molar-refractivity contribution in [3.8, 4) is 0 Å². The largest absolute Gasteiger partial charge is 0.362 e. The molecule has 0 radical (unpaired) electrons. The lowest BCUT2D eigenvalue weighted by Gasteiger charge is -2.27. The summed E-state index contributed by atoms with van der Waals surface area (Å²) in [6.45, 7) is 3.91. The van der Waals surface area contributed by atoms with Gasteiger partial charge in [-0.05, 0) is 18.4 Å². The average Bonchev–Trinajstić information content (AvgIpc) is 2.63. The van der Waals surface area contributed by atoms with Gasteiger partial charge in [-0.2, -0.15) is 0 Å². The van der Waals surface area contributed by atoms with Gasteiger partial charge in [0.25, 0.3) is 0 Å². The number of fused-ring (bicyclic) bond motifs is 1. The van der Waals surface area contributed by atoms with Gasteiger partial charge in [0.05, 0.1) is 0 Å². The van der Waals surface area contributed by atoms with Crippen LogP contribution in [0.1, 0.15) is 17.4 Å². The van der Waals surface area contributed by atoms with E-state index in [0.29, 0.717) is 0 Å². The SMILES string of the molecule is CCN1CCc2sccc2C1=C=O. The van der Waals surface area contributed by atoms with Gasteiger partial charge in [-0.15, -0.1) is 11.3 Å². The molecule has 0 saturated carbocycles. The fourth-order valence-corrected chi connectivity index (χ4v) is 2.57. The molecule has 1 aromatic rings. The average molecular weight is 193 g/mol. The Hall–Kier alpha value is -1.05. The Morgan fingerprint density at radius 3 is 3.23 bits per heavy atom. The van der Waals surface area contributed by atoms with E-state index in [1.54, 1.807) is 11.3 Å². The lowest BCUT2D eigenvalue weighted by Crippen LogP contribution is -2.28. The van der Waals surface area contributed by atoms with E-state index in [1.165, 1.54) is 4.88 Å². The molecule has 2 rings (SSSR count). The van der Waals surface area contributed by atoms with Crippen LogP contribution in [0.25, 0.3) is 5.70 Å². The number of nitrogens with zero attached hydrogens (tertiary/aromatic N) is 1. The number of rotatable bonds is 1. The van der Waals surface area contributed by atoms with Crippen molar-refractivity contribution in [1.82, 2.24) is 4.90 Å². The molecule has 0 N–H and O–H groups in total. The fourth-order valence-electron chi connectivity index (χ4n) is 1.70. The predicted octanol–water partition coefficient (Wildman–Crippen LogP) is 1.80. The topological polar surface area (TPSA) is 20.3 Å². The van der Waals surface area contributed by atoms with Gasteiger partial charge in [-0.3, -0.25) is 0 Å². The quantitative estimate of drug-likeness (QED) is 0.634. The van der Waals surface area contributed by atoms with E-state index >= 15 is 0 Å². The van der Waals surface area contributed by atoms with E-state index < -0.39 is 0 Å². The van der Waals surface area contributed by atoms with Crippen LogP contribution >= 0.6 is 11.3 Å². The maximum absolute atomic E-state index is 10.8. The van der Waals surface area contributed by atoms with Crippen LogP contribution in [0.3, 0.4) is 0 Å². The normalized spacial score (nSPS) is 15.5. The number of carbonyl (C=O) groups excluding carboxylic acids is 1. The highest BCUT2D eigenvalue weighted by Crippen LogP contribution is 2.30. The van der Waals surface area contributed by atoms with Gasteiger partial charge in [0.1, 0.15) is 5.70 Å². The zero-order valence-electron chi connectivity index (χ0n) is 7.54. The van der Waals surface area contributed by atoms with Crippen molar-refractivity contribution in [3.63, 3.8) is 0 Å². The Kier molecular flexibility index (Phi) is 2.21. The highest BCUT2D eigenvalue weighted by atomic mass is 32.1. The van der Waals surface area contributed by atoms with Gasteiger partial charge >= 0.3 is 0 Å². The van der Waals surface area contributed by atoms with E-state index in [-0.39, 0.29) is 0 Å². The zero-order chi connectivity index (χ0) is 9.26. The van der Waals surface area contributed by atoms with Gasteiger partial charge < -0.3 is 4.90 Å². The van der Waals surface area contributed by atoms with E-state index in [1.807, 2.05) is 17.4 Å². The van der Waals surface area contributed by atoms with Crippen molar-refractivity contribution >= 4 is 23.0 Å². The first-order valence-corrected chi connectivity index (χ1v) is 5.31. The molecule has 13 heavy (non-hydrogen) atoms. The second-order valence-electron chi connectivity index (χ2n) is 3.04. The summed E-state index contributed by atoms with van der Waals surface area (Å²) >= 11 is 1.73. The molecule has 0 aromatic carbocycles. The first kappa shape index (κ1) is 8.54. The smallest absolute Gasteiger partial charge is 0.151 e. The molecule has 0 amide bonds. The molecule has 0 spiro atoms. The predicted molar refractivity (Wildman–Crippen MR) is 54.4 cm³/mol. The molecule has 0 saturated heterocycles. The minimum Gasteiger partial charge on any atom is -0.362 e. The summed E-state index contributed by atoms with van der Waals surface area (Å²) in [6, 6.07) is 2.02. The molecule has 0 aliphatic carbocycles. The maximum Gasteiger partial charge on any atom is 0.151 e. The van der Waals surface area contributed by atoms with Crippen molar-refractivity contribution in [2.24, 2.45) is 0 Å². The monoisotopic (exact) mass is 193 g/mol. The Balaban J connectivity index is 2.47. The van der Waals surface area contributed by atoms with Crippen molar-refractivity contribution in [3.05, 3.63) is 21.9 Å². The van der Waals surface area contributed by atoms with Crippen LogP contribution in [0.5, 0.6) is 0 Å². The third-order valence-corrected chi connectivity index (χ3v) is 3.38. The second kappa shape index (κ2) is 3.36. The molecule has 0 bridgehead atoms. The highest BCUT2D eigenvalue weighted by molar-refractivity contribution is 7.10. The molecule has 0 atom stereocenters. The minimum absolute atomic E-state index is 0.741. The molecule has 1 aliphatic rings. The standard InChI is InChI=1S/C10H11NOS/c1-2-11-5-3-10-8(4-6-13-10)9(11)7-12/h4,6H,2-3,5H2,1H3. The molecule has 0 fully saturated rings. The van der Waals surface area contributed by atoms with Crippen molar-refractivity contribution in [2.45, 2.75) is 13.3 Å². The summed E-state index contributed by atoms with van der Waals surface area (Å²) in [5.41, 5.74) is 1.83.